The van der Waals surface area contributed by atoms with Gasteiger partial charge >= 0.3 is 0 Å². The largest absolute Gasteiger partial charge is 0.439 e. The van der Waals surface area contributed by atoms with Crippen molar-refractivity contribution in [1.29, 1.82) is 0 Å². The molecule has 1 heterocycles. The van der Waals surface area contributed by atoms with Crippen molar-refractivity contribution in [2.45, 2.75) is 26.7 Å². The molecule has 0 unspecified atom stereocenters. The second-order valence-corrected chi connectivity index (χ2v) is 4.21. The number of benzene rings is 1. The van der Waals surface area contributed by atoms with Crippen LogP contribution in [-0.2, 0) is 12.8 Å². The van der Waals surface area contributed by atoms with Crippen LogP contribution in [0.15, 0.2) is 30.6 Å². The maximum absolute atomic E-state index is 5.89. The number of hydrogen-bond acceptors (Lipinski definition) is 4. The van der Waals surface area contributed by atoms with Crippen molar-refractivity contribution in [1.82, 2.24) is 9.97 Å². The lowest BCUT2D eigenvalue weighted by atomic mass is 10.1. The maximum atomic E-state index is 5.89. The van der Waals surface area contributed by atoms with Gasteiger partial charge in [0.2, 0.25) is 5.88 Å². The molecule has 2 aromatic rings. The molecule has 1 aromatic carbocycles. The normalized spacial score (nSPS) is 10.3. The Hall–Kier alpha value is -2.10. The summed E-state index contributed by atoms with van der Waals surface area (Å²) in [7, 11) is 1.85. The fraction of sp³-hybridized carbons (Fsp3) is 0.333. The molecule has 2 rings (SSSR count). The van der Waals surface area contributed by atoms with Gasteiger partial charge in [0, 0.05) is 7.05 Å². The number of nitrogens with one attached hydrogen (secondary N) is 1. The third-order valence-corrected chi connectivity index (χ3v) is 3.02. The molecule has 4 nitrogen and oxygen atoms in total. The summed E-state index contributed by atoms with van der Waals surface area (Å²) in [6, 6.07) is 8.08. The van der Waals surface area contributed by atoms with Crippen LogP contribution in [-0.4, -0.2) is 17.0 Å². The SMILES string of the molecule is CCc1cccc(Oc2ncnc(NC)c2CC)c1. The number of aryl methyl sites for hydroxylation is 1. The summed E-state index contributed by atoms with van der Waals surface area (Å²) in [5.41, 5.74) is 2.24. The Kier molecular flexibility index (Phi) is 4.34. The van der Waals surface area contributed by atoms with Gasteiger partial charge in [-0.1, -0.05) is 26.0 Å². The van der Waals surface area contributed by atoms with Crippen molar-refractivity contribution >= 4 is 5.82 Å². The van der Waals surface area contributed by atoms with Crippen LogP contribution in [0.3, 0.4) is 0 Å². The molecule has 0 bridgehead atoms. The lowest BCUT2D eigenvalue weighted by Crippen LogP contribution is -2.02. The molecule has 100 valence electrons. The quantitative estimate of drug-likeness (QED) is 0.891. The fourth-order valence-electron chi connectivity index (χ4n) is 1.96. The number of anilines is 1. The lowest BCUT2D eigenvalue weighted by Gasteiger charge is -2.12. The summed E-state index contributed by atoms with van der Waals surface area (Å²) in [5, 5.41) is 3.06. The summed E-state index contributed by atoms with van der Waals surface area (Å²) >= 11 is 0. The van der Waals surface area contributed by atoms with E-state index in [0.29, 0.717) is 5.88 Å². The Morgan fingerprint density at radius 3 is 2.68 bits per heavy atom. The predicted octanol–water partition coefficient (Wildman–Crippen LogP) is 3.44. The zero-order valence-electron chi connectivity index (χ0n) is 11.6. The molecular weight excluding hydrogens is 238 g/mol. The van der Waals surface area contributed by atoms with Crippen LogP contribution in [0.2, 0.25) is 0 Å². The highest BCUT2D eigenvalue weighted by atomic mass is 16.5. The van der Waals surface area contributed by atoms with E-state index in [-0.39, 0.29) is 0 Å². The molecule has 1 N–H and O–H groups in total. The number of aromatic nitrogens is 2. The molecule has 0 aliphatic heterocycles. The molecule has 0 spiro atoms. The first kappa shape index (κ1) is 13.3. The van der Waals surface area contributed by atoms with Gasteiger partial charge in [0.1, 0.15) is 17.9 Å². The summed E-state index contributed by atoms with van der Waals surface area (Å²) < 4.78 is 5.89. The molecule has 4 heteroatoms. The van der Waals surface area contributed by atoms with E-state index in [9.17, 15) is 0 Å². The van der Waals surface area contributed by atoms with Gasteiger partial charge in [-0.3, -0.25) is 0 Å². The second-order valence-electron chi connectivity index (χ2n) is 4.21. The van der Waals surface area contributed by atoms with Crippen molar-refractivity contribution in [3.05, 3.63) is 41.7 Å². The molecular formula is C15H19N3O. The molecule has 0 fully saturated rings. The van der Waals surface area contributed by atoms with Gasteiger partial charge in [-0.15, -0.1) is 0 Å². The second kappa shape index (κ2) is 6.18. The molecule has 0 saturated heterocycles. The van der Waals surface area contributed by atoms with Crippen LogP contribution < -0.4 is 10.1 Å². The summed E-state index contributed by atoms with van der Waals surface area (Å²) in [6.45, 7) is 4.19. The lowest BCUT2D eigenvalue weighted by molar-refractivity contribution is 0.455. The van der Waals surface area contributed by atoms with E-state index in [2.05, 4.69) is 35.2 Å². The number of ether oxygens (including phenoxy) is 1. The molecule has 0 atom stereocenters. The number of hydrogen-bond donors (Lipinski definition) is 1. The van der Waals surface area contributed by atoms with Gasteiger partial charge in [0.15, 0.2) is 0 Å². The fourth-order valence-corrected chi connectivity index (χ4v) is 1.96. The first-order valence-corrected chi connectivity index (χ1v) is 6.56. The average Bonchev–Trinajstić information content (AvgIpc) is 2.47. The van der Waals surface area contributed by atoms with Crippen molar-refractivity contribution in [2.75, 3.05) is 12.4 Å². The Bertz CT molecular complexity index is 555. The predicted molar refractivity (Wildman–Crippen MR) is 76.9 cm³/mol. The van der Waals surface area contributed by atoms with Crippen LogP contribution in [0.1, 0.15) is 25.0 Å². The van der Waals surface area contributed by atoms with Crippen LogP contribution in [0.25, 0.3) is 0 Å². The van der Waals surface area contributed by atoms with Crippen LogP contribution >= 0.6 is 0 Å². The van der Waals surface area contributed by atoms with Gasteiger partial charge in [0.25, 0.3) is 0 Å². The third-order valence-electron chi connectivity index (χ3n) is 3.02. The minimum atomic E-state index is 0.620. The summed E-state index contributed by atoms with van der Waals surface area (Å²) in [4.78, 5) is 8.44. The highest BCUT2D eigenvalue weighted by Crippen LogP contribution is 2.27. The Balaban J connectivity index is 2.32. The number of rotatable bonds is 5. The van der Waals surface area contributed by atoms with Crippen LogP contribution in [0, 0.1) is 0 Å². The highest BCUT2D eigenvalue weighted by Gasteiger charge is 2.10. The zero-order valence-corrected chi connectivity index (χ0v) is 11.6. The van der Waals surface area contributed by atoms with E-state index in [0.717, 1.165) is 30.0 Å². The standard InChI is InChI=1S/C15H19N3O/c1-4-11-7-6-8-12(9-11)19-15-13(5-2)14(16-3)17-10-18-15/h6-10H,4-5H2,1-3H3,(H,16,17,18). The van der Waals surface area contributed by atoms with Gasteiger partial charge in [-0.2, -0.15) is 0 Å². The van der Waals surface area contributed by atoms with E-state index in [1.165, 1.54) is 11.9 Å². The topological polar surface area (TPSA) is 47.0 Å². The first-order valence-electron chi connectivity index (χ1n) is 6.56. The molecule has 1 aromatic heterocycles. The molecule has 19 heavy (non-hydrogen) atoms. The minimum Gasteiger partial charge on any atom is -0.439 e. The third kappa shape index (κ3) is 3.02. The van der Waals surface area contributed by atoms with E-state index < -0.39 is 0 Å². The first-order chi connectivity index (χ1) is 9.28. The number of nitrogens with zero attached hydrogens (tertiary/aromatic N) is 2. The van der Waals surface area contributed by atoms with Crippen molar-refractivity contribution in [2.24, 2.45) is 0 Å². The van der Waals surface area contributed by atoms with Gasteiger partial charge in [-0.25, -0.2) is 9.97 Å². The summed E-state index contributed by atoms with van der Waals surface area (Å²) in [6.07, 6.45) is 3.33. The van der Waals surface area contributed by atoms with Gasteiger partial charge < -0.3 is 10.1 Å². The zero-order chi connectivity index (χ0) is 13.7. The minimum absolute atomic E-state index is 0.620. The van der Waals surface area contributed by atoms with Crippen molar-refractivity contribution in [3.8, 4) is 11.6 Å². The molecule has 0 radical (unpaired) electrons. The highest BCUT2D eigenvalue weighted by molar-refractivity contribution is 5.49. The van der Waals surface area contributed by atoms with E-state index in [1.54, 1.807) is 0 Å². The van der Waals surface area contributed by atoms with E-state index >= 15 is 0 Å². The molecule has 0 aliphatic carbocycles. The smallest absolute Gasteiger partial charge is 0.227 e. The van der Waals surface area contributed by atoms with Crippen LogP contribution in [0.5, 0.6) is 11.6 Å². The van der Waals surface area contributed by atoms with Gasteiger partial charge in [-0.05, 0) is 30.5 Å². The van der Waals surface area contributed by atoms with E-state index in [4.69, 9.17) is 4.74 Å². The van der Waals surface area contributed by atoms with Crippen molar-refractivity contribution in [3.63, 3.8) is 0 Å². The molecule has 0 aliphatic rings. The monoisotopic (exact) mass is 257 g/mol. The van der Waals surface area contributed by atoms with Crippen molar-refractivity contribution < 1.29 is 4.74 Å². The Morgan fingerprint density at radius 2 is 2.00 bits per heavy atom. The molecule has 0 saturated carbocycles. The maximum Gasteiger partial charge on any atom is 0.227 e. The van der Waals surface area contributed by atoms with Gasteiger partial charge in [0.05, 0.1) is 5.56 Å². The molecule has 0 amide bonds. The Labute approximate surface area is 113 Å². The van der Waals surface area contributed by atoms with Crippen LogP contribution in [0.4, 0.5) is 5.82 Å². The Morgan fingerprint density at radius 1 is 1.16 bits per heavy atom. The summed E-state index contributed by atoms with van der Waals surface area (Å²) in [5.74, 6) is 2.25. The van der Waals surface area contributed by atoms with E-state index in [1.807, 2.05) is 25.2 Å². The average molecular weight is 257 g/mol.